The number of hydrogen-bond donors (Lipinski definition) is 2. The van der Waals surface area contributed by atoms with Crippen LogP contribution in [-0.2, 0) is 4.79 Å². The van der Waals surface area contributed by atoms with Crippen molar-refractivity contribution in [3.63, 3.8) is 0 Å². The van der Waals surface area contributed by atoms with Crippen molar-refractivity contribution >= 4 is 22.6 Å². The molecular formula is C18H19N3O4. The van der Waals surface area contributed by atoms with E-state index in [1.54, 1.807) is 24.4 Å². The molecule has 2 aromatic rings. The normalized spacial score (nSPS) is 23.9. The minimum absolute atomic E-state index is 0.169. The number of pyridine rings is 1. The molecule has 2 amide bonds. The summed E-state index contributed by atoms with van der Waals surface area (Å²) in [6.45, 7) is 0.458. The second-order valence-electron chi connectivity index (χ2n) is 6.51. The van der Waals surface area contributed by atoms with Gasteiger partial charge in [0.1, 0.15) is 5.75 Å². The van der Waals surface area contributed by atoms with Crippen molar-refractivity contribution in [2.45, 2.75) is 18.9 Å². The highest BCUT2D eigenvalue weighted by molar-refractivity contribution is 6.01. The number of primary amides is 1. The van der Waals surface area contributed by atoms with Gasteiger partial charge >= 0.3 is 0 Å². The number of aromatic nitrogens is 1. The molecule has 25 heavy (non-hydrogen) atoms. The first-order chi connectivity index (χ1) is 12.1. The average Bonchev–Trinajstić information content (AvgIpc) is 3.34. The molecule has 2 aliphatic rings. The van der Waals surface area contributed by atoms with Crippen molar-refractivity contribution < 1.29 is 19.1 Å². The lowest BCUT2D eigenvalue weighted by Crippen LogP contribution is -2.31. The Morgan fingerprint density at radius 1 is 1.44 bits per heavy atom. The molecule has 1 aliphatic carbocycles. The molecule has 0 radical (unpaired) electrons. The number of nitrogens with two attached hydrogens (primary N) is 1. The first kappa shape index (κ1) is 15.7. The first-order valence-electron chi connectivity index (χ1n) is 8.28. The van der Waals surface area contributed by atoms with Gasteiger partial charge in [0.25, 0.3) is 5.91 Å². The summed E-state index contributed by atoms with van der Waals surface area (Å²) in [5.74, 6) is 1.17. The second kappa shape index (κ2) is 5.91. The molecule has 1 aromatic heterocycles. The number of benzene rings is 1. The number of hydrogen-bond acceptors (Lipinski definition) is 5. The van der Waals surface area contributed by atoms with Gasteiger partial charge in [0.15, 0.2) is 0 Å². The summed E-state index contributed by atoms with van der Waals surface area (Å²) in [4.78, 5) is 27.4. The number of amides is 2. The molecule has 1 aliphatic heterocycles. The van der Waals surface area contributed by atoms with Crippen molar-refractivity contribution in [1.82, 2.24) is 10.3 Å². The van der Waals surface area contributed by atoms with E-state index in [4.69, 9.17) is 15.2 Å². The minimum atomic E-state index is -0.547. The Balaban J connectivity index is 1.53. The maximum Gasteiger partial charge on any atom is 0.252 e. The first-order valence-corrected chi connectivity index (χ1v) is 8.28. The molecule has 3 atom stereocenters. The van der Waals surface area contributed by atoms with Gasteiger partial charge in [-0.1, -0.05) is 0 Å². The Labute approximate surface area is 144 Å². The van der Waals surface area contributed by atoms with Crippen LogP contribution in [0.4, 0.5) is 0 Å². The molecule has 1 saturated heterocycles. The van der Waals surface area contributed by atoms with Gasteiger partial charge in [0.2, 0.25) is 11.8 Å². The molecule has 2 heterocycles. The lowest BCUT2D eigenvalue weighted by molar-refractivity contribution is -0.121. The van der Waals surface area contributed by atoms with Gasteiger partial charge in [-0.15, -0.1) is 0 Å². The highest BCUT2D eigenvalue weighted by atomic mass is 16.5. The van der Waals surface area contributed by atoms with Crippen molar-refractivity contribution in [2.75, 3.05) is 13.7 Å². The number of nitrogens with zero attached hydrogens (tertiary/aromatic N) is 1. The van der Waals surface area contributed by atoms with Gasteiger partial charge in [0, 0.05) is 30.0 Å². The van der Waals surface area contributed by atoms with E-state index in [2.05, 4.69) is 10.3 Å². The lowest BCUT2D eigenvalue weighted by Gasteiger charge is -2.15. The number of carbonyl (C=O) groups excluding carboxylic acids is 2. The third kappa shape index (κ3) is 2.75. The van der Waals surface area contributed by atoms with E-state index in [-0.39, 0.29) is 17.9 Å². The maximum absolute atomic E-state index is 11.6. The van der Waals surface area contributed by atoms with Gasteiger partial charge < -0.3 is 20.5 Å². The summed E-state index contributed by atoms with van der Waals surface area (Å²) in [6, 6.07) is 5.38. The topological polar surface area (TPSA) is 104 Å². The third-order valence-electron chi connectivity index (χ3n) is 5.00. The van der Waals surface area contributed by atoms with Crippen molar-refractivity contribution in [2.24, 2.45) is 17.6 Å². The highest BCUT2D eigenvalue weighted by Crippen LogP contribution is 2.46. The van der Waals surface area contributed by atoms with Gasteiger partial charge in [-0.3, -0.25) is 9.59 Å². The zero-order valence-corrected chi connectivity index (χ0v) is 13.8. The Morgan fingerprint density at radius 3 is 2.92 bits per heavy atom. The highest BCUT2D eigenvalue weighted by Gasteiger charge is 2.53. The fourth-order valence-corrected chi connectivity index (χ4v) is 3.58. The van der Waals surface area contributed by atoms with Gasteiger partial charge in [-0.25, -0.2) is 4.98 Å². The fourth-order valence-electron chi connectivity index (χ4n) is 3.58. The average molecular weight is 341 g/mol. The Hall–Kier alpha value is -2.83. The van der Waals surface area contributed by atoms with Crippen LogP contribution in [0.15, 0.2) is 24.4 Å². The van der Waals surface area contributed by atoms with Crippen molar-refractivity contribution in [1.29, 1.82) is 0 Å². The molecule has 130 valence electrons. The number of nitrogens with one attached hydrogen (secondary N) is 1. The zero-order valence-electron chi connectivity index (χ0n) is 13.8. The molecule has 0 bridgehead atoms. The molecule has 7 nitrogen and oxygen atoms in total. The summed E-state index contributed by atoms with van der Waals surface area (Å²) < 4.78 is 11.1. The molecule has 3 N–H and O–H groups in total. The van der Waals surface area contributed by atoms with E-state index in [0.717, 1.165) is 23.6 Å². The molecule has 4 rings (SSSR count). The van der Waals surface area contributed by atoms with E-state index in [1.165, 1.54) is 7.11 Å². The number of carbonyl (C=O) groups is 2. The SMILES string of the molecule is COc1cc2c(OCC[C@H]3NC(=O)[C@H]4C[C@H]43)nccc2cc1C(N)=O. The van der Waals surface area contributed by atoms with Gasteiger partial charge in [0.05, 0.1) is 19.3 Å². The number of piperidine rings is 1. The van der Waals surface area contributed by atoms with E-state index in [0.29, 0.717) is 29.7 Å². The summed E-state index contributed by atoms with van der Waals surface area (Å²) in [5.41, 5.74) is 5.72. The van der Waals surface area contributed by atoms with E-state index in [9.17, 15) is 9.59 Å². The minimum Gasteiger partial charge on any atom is -0.496 e. The monoisotopic (exact) mass is 341 g/mol. The third-order valence-corrected chi connectivity index (χ3v) is 5.00. The Morgan fingerprint density at radius 2 is 2.28 bits per heavy atom. The maximum atomic E-state index is 11.6. The number of fused-ring (bicyclic) bond motifs is 2. The largest absolute Gasteiger partial charge is 0.496 e. The molecule has 2 fully saturated rings. The zero-order chi connectivity index (χ0) is 17.6. The summed E-state index contributed by atoms with van der Waals surface area (Å²) in [6.07, 6.45) is 3.38. The van der Waals surface area contributed by atoms with E-state index in [1.807, 2.05) is 0 Å². The summed E-state index contributed by atoms with van der Waals surface area (Å²) in [7, 11) is 1.49. The van der Waals surface area contributed by atoms with Crippen LogP contribution in [0.25, 0.3) is 10.8 Å². The predicted octanol–water partition coefficient (Wildman–Crippen LogP) is 1.25. The van der Waals surface area contributed by atoms with Crippen LogP contribution < -0.4 is 20.5 Å². The predicted molar refractivity (Wildman–Crippen MR) is 90.5 cm³/mol. The number of methoxy groups -OCH3 is 1. The Bertz CT molecular complexity index is 867. The van der Waals surface area contributed by atoms with Crippen LogP contribution in [0.1, 0.15) is 23.2 Å². The van der Waals surface area contributed by atoms with Crippen LogP contribution >= 0.6 is 0 Å². The number of rotatable bonds is 6. The van der Waals surface area contributed by atoms with Crippen LogP contribution in [-0.4, -0.2) is 36.6 Å². The molecule has 1 saturated carbocycles. The van der Waals surface area contributed by atoms with Crippen LogP contribution in [0, 0.1) is 11.8 Å². The molecule has 7 heteroatoms. The molecule has 1 aromatic carbocycles. The van der Waals surface area contributed by atoms with Crippen LogP contribution in [0.2, 0.25) is 0 Å². The van der Waals surface area contributed by atoms with E-state index < -0.39 is 5.91 Å². The van der Waals surface area contributed by atoms with E-state index >= 15 is 0 Å². The Kier molecular flexibility index (Phi) is 3.71. The van der Waals surface area contributed by atoms with Crippen LogP contribution in [0.5, 0.6) is 11.6 Å². The summed E-state index contributed by atoms with van der Waals surface area (Å²) in [5, 5.41) is 4.56. The molecule has 0 spiro atoms. The fraction of sp³-hybridized carbons (Fsp3) is 0.389. The molecule has 0 unspecified atom stereocenters. The van der Waals surface area contributed by atoms with Gasteiger partial charge in [-0.2, -0.15) is 0 Å². The smallest absolute Gasteiger partial charge is 0.252 e. The quantitative estimate of drug-likeness (QED) is 0.823. The van der Waals surface area contributed by atoms with Crippen molar-refractivity contribution in [3.05, 3.63) is 30.0 Å². The molecular weight excluding hydrogens is 322 g/mol. The lowest BCUT2D eigenvalue weighted by atomic mass is 10.1. The van der Waals surface area contributed by atoms with Crippen molar-refractivity contribution in [3.8, 4) is 11.6 Å². The van der Waals surface area contributed by atoms with Crippen LogP contribution in [0.3, 0.4) is 0 Å². The number of ether oxygens (including phenoxy) is 2. The summed E-state index contributed by atoms with van der Waals surface area (Å²) >= 11 is 0. The second-order valence-corrected chi connectivity index (χ2v) is 6.51. The van der Waals surface area contributed by atoms with Gasteiger partial charge in [-0.05, 0) is 35.9 Å². The standard InChI is InChI=1S/C18H19N3O4/c1-24-15-8-10-9(6-13(15)16(19)22)2-4-20-18(10)25-5-3-14-11-7-12(11)17(23)21-14/h2,4,6,8,11-12,14H,3,5,7H2,1H3,(H2,19,22)(H,21,23)/t11-,12+,14-/m1/s1.